The summed E-state index contributed by atoms with van der Waals surface area (Å²) in [6, 6.07) is 16.1. The van der Waals surface area contributed by atoms with E-state index in [1.54, 1.807) is 34.1 Å². The van der Waals surface area contributed by atoms with Gasteiger partial charge in [-0.1, -0.05) is 41.9 Å². The Morgan fingerprint density at radius 3 is 2.56 bits per heavy atom. The van der Waals surface area contributed by atoms with Gasteiger partial charge < -0.3 is 20.2 Å². The molecule has 2 N–H and O–H groups in total. The number of rotatable bonds is 6. The molecule has 1 aliphatic rings. The summed E-state index contributed by atoms with van der Waals surface area (Å²) in [4.78, 5) is 28.2. The lowest BCUT2D eigenvalue weighted by Crippen LogP contribution is -2.46. The first-order valence-corrected chi connectivity index (χ1v) is 9.21. The van der Waals surface area contributed by atoms with Crippen LogP contribution in [-0.2, 0) is 11.3 Å². The molecular weight excluding hydrogens is 366 g/mol. The Balaban J connectivity index is 1.62. The lowest BCUT2D eigenvalue weighted by molar-refractivity contribution is -0.117. The molecule has 6 nitrogen and oxygen atoms in total. The van der Waals surface area contributed by atoms with Crippen molar-refractivity contribution in [1.82, 2.24) is 10.2 Å². The number of aliphatic hydroxyl groups is 1. The molecule has 0 aromatic heterocycles. The smallest absolute Gasteiger partial charge is 0.318 e. The molecule has 2 aromatic carbocycles. The van der Waals surface area contributed by atoms with Crippen molar-refractivity contribution in [3.63, 3.8) is 0 Å². The van der Waals surface area contributed by atoms with Gasteiger partial charge in [-0.05, 0) is 29.8 Å². The number of amides is 3. The van der Waals surface area contributed by atoms with E-state index in [1.165, 1.54) is 0 Å². The van der Waals surface area contributed by atoms with E-state index in [0.29, 0.717) is 18.1 Å². The maximum atomic E-state index is 12.6. The Bertz CT molecular complexity index is 783. The van der Waals surface area contributed by atoms with E-state index < -0.39 is 0 Å². The summed E-state index contributed by atoms with van der Waals surface area (Å²) in [6.45, 7) is 0.905. The van der Waals surface area contributed by atoms with Gasteiger partial charge in [0.15, 0.2) is 0 Å². The fourth-order valence-corrected chi connectivity index (χ4v) is 3.24. The molecule has 0 saturated carbocycles. The number of carbonyl (C=O) groups excluding carboxylic acids is 2. The molecule has 0 radical (unpaired) electrons. The second-order valence-electron chi connectivity index (χ2n) is 6.46. The van der Waals surface area contributed by atoms with Gasteiger partial charge in [0.2, 0.25) is 5.91 Å². The number of hydrogen-bond acceptors (Lipinski definition) is 3. The van der Waals surface area contributed by atoms with Gasteiger partial charge in [0.25, 0.3) is 0 Å². The second-order valence-corrected chi connectivity index (χ2v) is 6.90. The molecular formula is C20H22ClN3O3. The highest BCUT2D eigenvalue weighted by Gasteiger charge is 2.32. The third-order valence-corrected chi connectivity index (χ3v) is 4.72. The van der Waals surface area contributed by atoms with Crippen LogP contribution in [0.3, 0.4) is 0 Å². The van der Waals surface area contributed by atoms with Crippen molar-refractivity contribution in [3.8, 4) is 0 Å². The second kappa shape index (κ2) is 8.88. The molecule has 1 fully saturated rings. The van der Waals surface area contributed by atoms with E-state index in [-0.39, 0.29) is 37.6 Å². The quantitative estimate of drug-likeness (QED) is 0.800. The molecule has 3 rings (SSSR count). The van der Waals surface area contributed by atoms with Crippen LogP contribution in [0, 0.1) is 0 Å². The predicted molar refractivity (Wildman–Crippen MR) is 105 cm³/mol. The van der Waals surface area contributed by atoms with E-state index in [9.17, 15) is 14.7 Å². The fourth-order valence-electron chi connectivity index (χ4n) is 3.12. The van der Waals surface area contributed by atoms with Crippen LogP contribution < -0.4 is 10.2 Å². The van der Waals surface area contributed by atoms with Gasteiger partial charge in [-0.2, -0.15) is 0 Å². The molecule has 0 bridgehead atoms. The summed E-state index contributed by atoms with van der Waals surface area (Å²) in [5, 5.41) is 12.8. The molecule has 1 atom stereocenters. The lowest BCUT2D eigenvalue weighted by atomic mass is 10.2. The Labute approximate surface area is 163 Å². The molecule has 2 aromatic rings. The van der Waals surface area contributed by atoms with Gasteiger partial charge in [-0.3, -0.25) is 4.79 Å². The van der Waals surface area contributed by atoms with E-state index in [4.69, 9.17) is 11.6 Å². The maximum absolute atomic E-state index is 12.6. The maximum Gasteiger partial charge on any atom is 0.318 e. The number of benzene rings is 2. The first-order valence-electron chi connectivity index (χ1n) is 8.83. The zero-order chi connectivity index (χ0) is 19.2. The van der Waals surface area contributed by atoms with Gasteiger partial charge in [-0.25, -0.2) is 4.79 Å². The number of nitrogens with one attached hydrogen (secondary N) is 1. The van der Waals surface area contributed by atoms with Crippen LogP contribution in [-0.4, -0.2) is 47.7 Å². The normalized spacial score (nSPS) is 16.4. The van der Waals surface area contributed by atoms with Crippen molar-refractivity contribution >= 4 is 29.2 Å². The highest BCUT2D eigenvalue weighted by molar-refractivity contribution is 6.30. The zero-order valence-electron chi connectivity index (χ0n) is 14.8. The van der Waals surface area contributed by atoms with Crippen molar-refractivity contribution in [2.75, 3.05) is 24.6 Å². The summed E-state index contributed by atoms with van der Waals surface area (Å²) in [7, 11) is 0. The minimum Gasteiger partial charge on any atom is -0.395 e. The van der Waals surface area contributed by atoms with Gasteiger partial charge in [0.1, 0.15) is 0 Å². The number of hydrogen-bond donors (Lipinski definition) is 2. The van der Waals surface area contributed by atoms with E-state index in [0.717, 1.165) is 11.3 Å². The summed E-state index contributed by atoms with van der Waals surface area (Å²) in [6.07, 6.45) is 0.243. The van der Waals surface area contributed by atoms with Crippen LogP contribution in [0.4, 0.5) is 10.5 Å². The average molecular weight is 388 g/mol. The number of urea groups is 1. The lowest BCUT2D eigenvalue weighted by Gasteiger charge is -2.24. The SMILES string of the molecule is O=C(NC1CC(=O)N(c2ccc(Cl)cc2)C1)N(CCO)Cc1ccccc1. The van der Waals surface area contributed by atoms with Gasteiger partial charge in [0.05, 0.1) is 12.6 Å². The number of halogens is 1. The third-order valence-electron chi connectivity index (χ3n) is 4.46. The Hall–Kier alpha value is -2.57. The number of nitrogens with zero attached hydrogens (tertiary/aromatic N) is 2. The van der Waals surface area contributed by atoms with Crippen molar-refractivity contribution in [3.05, 3.63) is 65.2 Å². The average Bonchev–Trinajstić information content (AvgIpc) is 3.03. The van der Waals surface area contributed by atoms with Crippen molar-refractivity contribution in [2.24, 2.45) is 0 Å². The first-order chi connectivity index (χ1) is 13.1. The van der Waals surface area contributed by atoms with E-state index in [1.807, 2.05) is 30.3 Å². The molecule has 0 aliphatic carbocycles. The minimum absolute atomic E-state index is 0.0422. The molecule has 1 unspecified atom stereocenters. The number of carbonyl (C=O) groups is 2. The molecule has 1 saturated heterocycles. The number of aliphatic hydroxyl groups excluding tert-OH is 1. The summed E-state index contributed by atoms with van der Waals surface area (Å²) >= 11 is 5.90. The topological polar surface area (TPSA) is 72.9 Å². The molecule has 142 valence electrons. The minimum atomic E-state index is -0.288. The summed E-state index contributed by atoms with van der Waals surface area (Å²) in [5.41, 5.74) is 1.74. The first kappa shape index (κ1) is 19.2. The molecule has 1 heterocycles. The zero-order valence-corrected chi connectivity index (χ0v) is 15.6. The Kier molecular flexibility index (Phi) is 6.32. The van der Waals surface area contributed by atoms with Gasteiger partial charge in [0, 0.05) is 36.8 Å². The Morgan fingerprint density at radius 1 is 1.19 bits per heavy atom. The van der Waals surface area contributed by atoms with Crippen LogP contribution in [0.2, 0.25) is 5.02 Å². The van der Waals surface area contributed by atoms with Gasteiger partial charge in [-0.15, -0.1) is 0 Å². The summed E-state index contributed by atoms with van der Waals surface area (Å²) < 4.78 is 0. The van der Waals surface area contributed by atoms with Crippen LogP contribution >= 0.6 is 11.6 Å². The monoisotopic (exact) mass is 387 g/mol. The highest BCUT2D eigenvalue weighted by atomic mass is 35.5. The molecule has 27 heavy (non-hydrogen) atoms. The van der Waals surface area contributed by atoms with Crippen molar-refractivity contribution in [2.45, 2.75) is 19.0 Å². The molecule has 3 amide bonds. The standard InChI is InChI=1S/C20H22ClN3O3/c21-16-6-8-18(9-7-16)24-14-17(12-19(24)26)22-20(27)23(10-11-25)13-15-4-2-1-3-5-15/h1-9,17,25H,10-14H2,(H,22,27). The Morgan fingerprint density at radius 2 is 1.89 bits per heavy atom. The summed E-state index contributed by atoms with van der Waals surface area (Å²) in [5.74, 6) is -0.0422. The largest absolute Gasteiger partial charge is 0.395 e. The molecule has 0 spiro atoms. The third kappa shape index (κ3) is 4.99. The van der Waals surface area contributed by atoms with Crippen molar-refractivity contribution in [1.29, 1.82) is 0 Å². The van der Waals surface area contributed by atoms with Gasteiger partial charge >= 0.3 is 6.03 Å². The van der Waals surface area contributed by atoms with Crippen molar-refractivity contribution < 1.29 is 14.7 Å². The predicted octanol–water partition coefficient (Wildman–Crippen LogP) is 2.65. The fraction of sp³-hybridized carbons (Fsp3) is 0.300. The van der Waals surface area contributed by atoms with E-state index >= 15 is 0 Å². The van der Waals surface area contributed by atoms with E-state index in [2.05, 4.69) is 5.32 Å². The van der Waals surface area contributed by atoms with Crippen LogP contribution in [0.1, 0.15) is 12.0 Å². The van der Waals surface area contributed by atoms with Crippen LogP contribution in [0.15, 0.2) is 54.6 Å². The van der Waals surface area contributed by atoms with Crippen LogP contribution in [0.25, 0.3) is 0 Å². The van der Waals surface area contributed by atoms with Crippen LogP contribution in [0.5, 0.6) is 0 Å². The molecule has 1 aliphatic heterocycles. The number of anilines is 1. The highest BCUT2D eigenvalue weighted by Crippen LogP contribution is 2.23. The molecule has 7 heteroatoms.